The van der Waals surface area contributed by atoms with Crippen LogP contribution in [0.4, 0.5) is 0 Å². The van der Waals surface area contributed by atoms with Crippen molar-refractivity contribution in [3.8, 4) is 11.5 Å². The number of carbonyl (C=O) groups excluding carboxylic acids is 2. The van der Waals surface area contributed by atoms with E-state index in [1.54, 1.807) is 24.3 Å². The summed E-state index contributed by atoms with van der Waals surface area (Å²) < 4.78 is 10.9. The topological polar surface area (TPSA) is 119 Å². The highest BCUT2D eigenvalue weighted by Gasteiger charge is 2.31. The van der Waals surface area contributed by atoms with E-state index in [9.17, 15) is 14.4 Å². The number of primary amides is 1. The molecule has 0 unspecified atom stereocenters. The van der Waals surface area contributed by atoms with Gasteiger partial charge in [0.15, 0.2) is 18.1 Å². The minimum absolute atomic E-state index is 0.0326. The third-order valence-electron chi connectivity index (χ3n) is 3.50. The Balaban J connectivity index is 2.16. The van der Waals surface area contributed by atoms with E-state index in [4.69, 9.17) is 32.5 Å². The van der Waals surface area contributed by atoms with Crippen molar-refractivity contribution in [3.05, 3.63) is 28.7 Å². The van der Waals surface area contributed by atoms with Gasteiger partial charge < -0.3 is 20.3 Å². The summed E-state index contributed by atoms with van der Waals surface area (Å²) in [6.45, 7) is -0.0462. The van der Waals surface area contributed by atoms with Crippen molar-refractivity contribution < 1.29 is 29.0 Å². The number of carboxylic acids is 1. The normalized spacial score (nSPS) is 15.3. The van der Waals surface area contributed by atoms with E-state index in [2.05, 4.69) is 0 Å². The molecule has 1 fully saturated rings. The first kappa shape index (κ1) is 20.7. The Kier molecular flexibility index (Phi) is 7.19. The van der Waals surface area contributed by atoms with Gasteiger partial charge in [0.25, 0.3) is 11.8 Å². The number of aliphatic carboxylic acids is 1. The van der Waals surface area contributed by atoms with E-state index in [0.717, 1.165) is 11.8 Å². The summed E-state index contributed by atoms with van der Waals surface area (Å²) in [5.41, 5.74) is 5.74. The van der Waals surface area contributed by atoms with E-state index < -0.39 is 11.9 Å². The number of amides is 2. The minimum Gasteiger partial charge on any atom is -0.493 e. The van der Waals surface area contributed by atoms with Crippen LogP contribution in [0.5, 0.6) is 11.5 Å². The maximum atomic E-state index is 12.5. The summed E-state index contributed by atoms with van der Waals surface area (Å²) in [5.74, 6) is -1.06. The summed E-state index contributed by atoms with van der Waals surface area (Å²) in [6.07, 6.45) is 1.94. The number of thioether (sulfide) groups is 1. The molecule has 0 atom stereocenters. The predicted molar refractivity (Wildman–Crippen MR) is 104 cm³/mol. The molecule has 1 aliphatic rings. The lowest BCUT2D eigenvalue weighted by Crippen LogP contribution is -2.29. The molecular formula is C17H18N2O6S2. The minimum atomic E-state index is -0.919. The van der Waals surface area contributed by atoms with Gasteiger partial charge in [-0.1, -0.05) is 30.0 Å². The highest BCUT2D eigenvalue weighted by Crippen LogP contribution is 2.34. The monoisotopic (exact) mass is 410 g/mol. The Morgan fingerprint density at radius 3 is 2.74 bits per heavy atom. The van der Waals surface area contributed by atoms with Crippen LogP contribution in [0.25, 0.3) is 6.08 Å². The summed E-state index contributed by atoms with van der Waals surface area (Å²) in [6, 6.07) is 5.00. The SMILES string of the molecule is COc1ccc(/C=C2/SC(=S)N(CCCC(=O)O)C2=O)cc1OCC(N)=O. The lowest BCUT2D eigenvalue weighted by Gasteiger charge is -2.13. The number of nitrogens with two attached hydrogens (primary N) is 1. The van der Waals surface area contributed by atoms with Gasteiger partial charge in [-0.05, 0) is 30.2 Å². The Bertz CT molecular complexity index is 809. The molecule has 2 amide bonds. The number of carboxylic acid groups (broad SMARTS) is 1. The third kappa shape index (κ3) is 5.69. The van der Waals surface area contributed by atoms with Gasteiger partial charge in [0.2, 0.25) is 0 Å². The second-order valence-electron chi connectivity index (χ2n) is 5.50. The van der Waals surface area contributed by atoms with E-state index in [1.807, 2.05) is 0 Å². The maximum absolute atomic E-state index is 12.5. The summed E-state index contributed by atoms with van der Waals surface area (Å²) in [4.78, 5) is 35.9. The maximum Gasteiger partial charge on any atom is 0.303 e. The van der Waals surface area contributed by atoms with Crippen molar-refractivity contribution in [1.29, 1.82) is 0 Å². The van der Waals surface area contributed by atoms with Crippen molar-refractivity contribution in [1.82, 2.24) is 4.90 Å². The molecule has 0 bridgehead atoms. The van der Waals surface area contributed by atoms with E-state index in [-0.39, 0.29) is 25.5 Å². The van der Waals surface area contributed by atoms with Gasteiger partial charge in [-0.25, -0.2) is 0 Å². The standard InChI is InChI=1S/C17H18N2O6S2/c1-24-11-5-4-10(7-12(11)25-9-14(18)20)8-13-16(23)19(17(26)27-13)6-2-3-15(21)22/h4-5,7-8H,2-3,6,9H2,1H3,(H2,18,20)(H,21,22)/b13-8+. The summed E-state index contributed by atoms with van der Waals surface area (Å²) in [5, 5.41) is 8.71. The van der Waals surface area contributed by atoms with E-state index in [0.29, 0.717) is 32.7 Å². The van der Waals surface area contributed by atoms with Crippen molar-refractivity contribution in [2.45, 2.75) is 12.8 Å². The van der Waals surface area contributed by atoms with Crippen LogP contribution in [0.3, 0.4) is 0 Å². The van der Waals surface area contributed by atoms with Crippen LogP contribution < -0.4 is 15.2 Å². The van der Waals surface area contributed by atoms with Gasteiger partial charge in [0, 0.05) is 13.0 Å². The molecule has 27 heavy (non-hydrogen) atoms. The summed E-state index contributed by atoms with van der Waals surface area (Å²) >= 11 is 6.35. The molecule has 1 aromatic carbocycles. The first-order chi connectivity index (χ1) is 12.8. The number of thiocarbonyl (C=S) groups is 1. The molecule has 2 rings (SSSR count). The molecular weight excluding hydrogens is 392 g/mol. The van der Waals surface area contributed by atoms with E-state index >= 15 is 0 Å². The molecule has 1 saturated heterocycles. The van der Waals surface area contributed by atoms with Gasteiger partial charge >= 0.3 is 5.97 Å². The van der Waals surface area contributed by atoms with Gasteiger partial charge in [-0.2, -0.15) is 0 Å². The van der Waals surface area contributed by atoms with Crippen molar-refractivity contribution in [3.63, 3.8) is 0 Å². The fraction of sp³-hybridized carbons (Fsp3) is 0.294. The van der Waals surface area contributed by atoms with Gasteiger partial charge in [-0.3, -0.25) is 19.3 Å². The lowest BCUT2D eigenvalue weighted by molar-refractivity contribution is -0.137. The Morgan fingerprint density at radius 2 is 2.11 bits per heavy atom. The second kappa shape index (κ2) is 9.38. The third-order valence-corrected chi connectivity index (χ3v) is 4.88. The molecule has 8 nitrogen and oxygen atoms in total. The van der Waals surface area contributed by atoms with Crippen LogP contribution in [-0.4, -0.2) is 52.4 Å². The largest absolute Gasteiger partial charge is 0.493 e. The highest BCUT2D eigenvalue weighted by molar-refractivity contribution is 8.26. The molecule has 0 radical (unpaired) electrons. The molecule has 0 spiro atoms. The first-order valence-corrected chi connectivity index (χ1v) is 9.10. The average Bonchev–Trinajstić information content (AvgIpc) is 2.87. The van der Waals surface area contributed by atoms with Crippen molar-refractivity contribution in [2.24, 2.45) is 5.73 Å². The smallest absolute Gasteiger partial charge is 0.303 e. The first-order valence-electron chi connectivity index (χ1n) is 7.88. The molecule has 10 heteroatoms. The van der Waals surface area contributed by atoms with Crippen molar-refractivity contribution >= 4 is 52.2 Å². The molecule has 0 saturated carbocycles. The highest BCUT2D eigenvalue weighted by atomic mass is 32.2. The number of hydrogen-bond donors (Lipinski definition) is 2. The number of methoxy groups -OCH3 is 1. The number of carbonyl (C=O) groups is 3. The molecule has 1 aromatic rings. The predicted octanol–water partition coefficient (Wildman–Crippen LogP) is 1.63. The molecule has 0 aromatic heterocycles. The average molecular weight is 410 g/mol. The summed E-state index contributed by atoms with van der Waals surface area (Å²) in [7, 11) is 1.47. The van der Waals surface area contributed by atoms with Crippen LogP contribution >= 0.6 is 24.0 Å². The van der Waals surface area contributed by atoms with Gasteiger partial charge in [0.1, 0.15) is 4.32 Å². The zero-order chi connectivity index (χ0) is 20.0. The quantitative estimate of drug-likeness (QED) is 0.466. The van der Waals surface area contributed by atoms with Gasteiger partial charge in [0.05, 0.1) is 12.0 Å². The zero-order valence-corrected chi connectivity index (χ0v) is 16.1. The number of ether oxygens (including phenoxy) is 2. The molecule has 144 valence electrons. The Morgan fingerprint density at radius 1 is 1.37 bits per heavy atom. The van der Waals surface area contributed by atoms with Crippen LogP contribution in [0, 0.1) is 0 Å². The van der Waals surface area contributed by atoms with E-state index in [1.165, 1.54) is 12.0 Å². The van der Waals surface area contributed by atoms with Crippen LogP contribution in [-0.2, 0) is 14.4 Å². The fourth-order valence-corrected chi connectivity index (χ4v) is 3.59. The second-order valence-corrected chi connectivity index (χ2v) is 7.17. The number of nitrogens with zero attached hydrogens (tertiary/aromatic N) is 1. The fourth-order valence-electron chi connectivity index (χ4n) is 2.28. The Hall–Kier alpha value is -2.59. The van der Waals surface area contributed by atoms with Crippen LogP contribution in [0.1, 0.15) is 18.4 Å². The molecule has 0 aliphatic carbocycles. The molecule has 1 aliphatic heterocycles. The van der Waals surface area contributed by atoms with Gasteiger partial charge in [-0.15, -0.1) is 0 Å². The lowest BCUT2D eigenvalue weighted by atomic mass is 10.2. The van der Waals surface area contributed by atoms with Crippen LogP contribution in [0.15, 0.2) is 23.1 Å². The Labute approximate surface area is 165 Å². The number of hydrogen-bond acceptors (Lipinski definition) is 7. The number of rotatable bonds is 9. The zero-order valence-electron chi connectivity index (χ0n) is 14.5. The van der Waals surface area contributed by atoms with Crippen LogP contribution in [0.2, 0.25) is 0 Å². The molecule has 3 N–H and O–H groups in total. The van der Waals surface area contributed by atoms with Crippen molar-refractivity contribution in [2.75, 3.05) is 20.3 Å². The molecule has 1 heterocycles. The number of benzene rings is 1.